The summed E-state index contributed by atoms with van der Waals surface area (Å²) in [6.07, 6.45) is 0. The average Bonchev–Trinajstić information content (AvgIpc) is 2.67. The van der Waals surface area contributed by atoms with Crippen LogP contribution in [0, 0.1) is 0 Å². The smallest absolute Gasteiger partial charge is 0.124 e. The highest BCUT2D eigenvalue weighted by Gasteiger charge is 2.24. The number of benzene rings is 3. The molecular formula is C27H34N2O. The van der Waals surface area contributed by atoms with Crippen molar-refractivity contribution in [3.8, 4) is 5.75 Å². The van der Waals surface area contributed by atoms with Gasteiger partial charge in [0.2, 0.25) is 0 Å². The van der Waals surface area contributed by atoms with Crippen LogP contribution in [0.1, 0.15) is 58.2 Å². The van der Waals surface area contributed by atoms with Gasteiger partial charge in [-0.1, -0.05) is 65.8 Å². The van der Waals surface area contributed by atoms with E-state index in [1.807, 2.05) is 30.3 Å². The van der Waals surface area contributed by atoms with Crippen LogP contribution >= 0.6 is 0 Å². The van der Waals surface area contributed by atoms with Crippen LogP contribution in [0.15, 0.2) is 66.7 Å². The minimum atomic E-state index is -0.120. The van der Waals surface area contributed by atoms with E-state index in [1.165, 1.54) is 5.56 Å². The Balaban J connectivity index is 1.78. The van der Waals surface area contributed by atoms with Gasteiger partial charge in [-0.05, 0) is 64.4 Å². The van der Waals surface area contributed by atoms with Crippen LogP contribution in [0.4, 0.5) is 17.1 Å². The first kappa shape index (κ1) is 21.8. The fourth-order valence-electron chi connectivity index (χ4n) is 3.39. The van der Waals surface area contributed by atoms with Crippen LogP contribution in [0.3, 0.4) is 0 Å². The molecule has 0 atom stereocenters. The van der Waals surface area contributed by atoms with E-state index in [9.17, 15) is 5.11 Å². The van der Waals surface area contributed by atoms with Crippen LogP contribution in [-0.2, 0) is 17.4 Å². The van der Waals surface area contributed by atoms with Crippen molar-refractivity contribution in [2.45, 2.75) is 58.9 Å². The van der Waals surface area contributed by atoms with Gasteiger partial charge in [0.1, 0.15) is 5.75 Å². The molecule has 0 unspecified atom stereocenters. The highest BCUT2D eigenvalue weighted by molar-refractivity contribution is 5.62. The lowest BCUT2D eigenvalue weighted by molar-refractivity contribution is 0.439. The topological polar surface area (TPSA) is 44.3 Å². The average molecular weight is 403 g/mol. The third-order valence-corrected chi connectivity index (χ3v) is 5.29. The van der Waals surface area contributed by atoms with Crippen molar-refractivity contribution in [2.75, 3.05) is 10.6 Å². The number of para-hydroxylation sites is 1. The molecule has 0 saturated heterocycles. The second-order valence-corrected chi connectivity index (χ2v) is 9.95. The van der Waals surface area contributed by atoms with E-state index in [0.29, 0.717) is 12.3 Å². The van der Waals surface area contributed by atoms with Gasteiger partial charge in [-0.15, -0.1) is 0 Å². The van der Waals surface area contributed by atoms with Gasteiger partial charge in [0.15, 0.2) is 0 Å². The zero-order chi connectivity index (χ0) is 21.9. The molecule has 3 N–H and O–H groups in total. The molecule has 0 spiro atoms. The summed E-state index contributed by atoms with van der Waals surface area (Å²) in [5.74, 6) is 0.394. The molecule has 0 aromatic heterocycles. The fourth-order valence-corrected chi connectivity index (χ4v) is 3.39. The van der Waals surface area contributed by atoms with Gasteiger partial charge in [0.25, 0.3) is 0 Å². The Morgan fingerprint density at radius 2 is 1.27 bits per heavy atom. The standard InChI is InChI=1S/C27H34N2O/c1-26(2,3)20-16-19(25(30)24(17-20)27(4,5)6)18-28-21-12-14-23(15-13-21)29-22-10-8-7-9-11-22/h7-17,28-30H,18H2,1-6H3. The molecule has 3 nitrogen and oxygen atoms in total. The Hall–Kier alpha value is -2.94. The number of aromatic hydroxyl groups is 1. The van der Waals surface area contributed by atoms with Crippen LogP contribution < -0.4 is 10.6 Å². The lowest BCUT2D eigenvalue weighted by Crippen LogP contribution is -2.18. The van der Waals surface area contributed by atoms with Gasteiger partial charge < -0.3 is 15.7 Å². The van der Waals surface area contributed by atoms with Gasteiger partial charge in [0.05, 0.1) is 0 Å². The minimum Gasteiger partial charge on any atom is -0.507 e. The van der Waals surface area contributed by atoms with Crippen LogP contribution in [0.2, 0.25) is 0 Å². The summed E-state index contributed by atoms with van der Waals surface area (Å²) in [5.41, 5.74) is 6.19. The Labute approximate surface area is 181 Å². The number of anilines is 3. The van der Waals surface area contributed by atoms with E-state index in [-0.39, 0.29) is 10.8 Å². The van der Waals surface area contributed by atoms with Gasteiger partial charge >= 0.3 is 0 Å². The van der Waals surface area contributed by atoms with Crippen molar-refractivity contribution >= 4 is 17.1 Å². The van der Waals surface area contributed by atoms with E-state index in [4.69, 9.17) is 0 Å². The molecule has 0 radical (unpaired) electrons. The predicted molar refractivity (Wildman–Crippen MR) is 129 cm³/mol. The number of nitrogens with one attached hydrogen (secondary N) is 2. The maximum atomic E-state index is 11.0. The second kappa shape index (κ2) is 8.43. The van der Waals surface area contributed by atoms with Crippen LogP contribution in [0.25, 0.3) is 0 Å². The van der Waals surface area contributed by atoms with Gasteiger partial charge in [0, 0.05) is 29.2 Å². The third-order valence-electron chi connectivity index (χ3n) is 5.29. The minimum absolute atomic E-state index is 0.0210. The number of phenols is 1. The van der Waals surface area contributed by atoms with Crippen LogP contribution in [-0.4, -0.2) is 5.11 Å². The largest absolute Gasteiger partial charge is 0.507 e. The molecule has 0 aliphatic rings. The first-order valence-corrected chi connectivity index (χ1v) is 10.6. The molecule has 3 aromatic rings. The molecule has 158 valence electrons. The highest BCUT2D eigenvalue weighted by atomic mass is 16.3. The monoisotopic (exact) mass is 402 g/mol. The van der Waals surface area contributed by atoms with E-state index < -0.39 is 0 Å². The summed E-state index contributed by atoms with van der Waals surface area (Å²) >= 11 is 0. The van der Waals surface area contributed by atoms with Crippen molar-refractivity contribution in [2.24, 2.45) is 0 Å². The molecule has 3 heteroatoms. The summed E-state index contributed by atoms with van der Waals surface area (Å²) < 4.78 is 0. The van der Waals surface area contributed by atoms with E-state index >= 15 is 0 Å². The van der Waals surface area contributed by atoms with E-state index in [2.05, 4.69) is 88.6 Å². The molecule has 3 aromatic carbocycles. The SMILES string of the molecule is CC(C)(C)c1cc(CNc2ccc(Nc3ccccc3)cc2)c(O)c(C(C)(C)C)c1. The summed E-state index contributed by atoms with van der Waals surface area (Å²) in [6.45, 7) is 13.6. The van der Waals surface area contributed by atoms with Crippen molar-refractivity contribution in [3.05, 3.63) is 83.4 Å². The van der Waals surface area contributed by atoms with Gasteiger partial charge in [-0.2, -0.15) is 0 Å². The van der Waals surface area contributed by atoms with Crippen molar-refractivity contribution in [1.29, 1.82) is 0 Å². The predicted octanol–water partition coefficient (Wildman–Crippen LogP) is 7.34. The molecule has 0 heterocycles. The Morgan fingerprint density at radius 1 is 0.700 bits per heavy atom. The van der Waals surface area contributed by atoms with Gasteiger partial charge in [-0.3, -0.25) is 0 Å². The zero-order valence-electron chi connectivity index (χ0n) is 19.0. The molecule has 0 aliphatic heterocycles. The molecule has 0 saturated carbocycles. The highest BCUT2D eigenvalue weighted by Crippen LogP contribution is 2.38. The Kier molecular flexibility index (Phi) is 6.12. The zero-order valence-corrected chi connectivity index (χ0v) is 19.0. The summed E-state index contributed by atoms with van der Waals surface area (Å²) in [7, 11) is 0. The summed E-state index contributed by atoms with van der Waals surface area (Å²) in [4.78, 5) is 0. The number of hydrogen-bond donors (Lipinski definition) is 3. The second-order valence-electron chi connectivity index (χ2n) is 9.95. The normalized spacial score (nSPS) is 11.9. The van der Waals surface area contributed by atoms with Crippen molar-refractivity contribution in [1.82, 2.24) is 0 Å². The lowest BCUT2D eigenvalue weighted by Gasteiger charge is -2.27. The molecule has 30 heavy (non-hydrogen) atoms. The maximum Gasteiger partial charge on any atom is 0.124 e. The molecule has 3 rings (SSSR count). The third kappa shape index (κ3) is 5.35. The first-order valence-electron chi connectivity index (χ1n) is 10.6. The van der Waals surface area contributed by atoms with Gasteiger partial charge in [-0.25, -0.2) is 0 Å². The molecule has 0 bridgehead atoms. The number of phenolic OH excluding ortho intramolecular Hbond substituents is 1. The number of rotatable bonds is 5. The van der Waals surface area contributed by atoms with Crippen molar-refractivity contribution < 1.29 is 5.11 Å². The molecule has 0 fully saturated rings. The van der Waals surface area contributed by atoms with E-state index in [0.717, 1.165) is 28.2 Å². The summed E-state index contributed by atoms with van der Waals surface area (Å²) in [6, 6.07) is 22.6. The molecular weight excluding hydrogens is 368 g/mol. The van der Waals surface area contributed by atoms with Crippen LogP contribution in [0.5, 0.6) is 5.75 Å². The Morgan fingerprint density at radius 3 is 1.83 bits per heavy atom. The number of hydrogen-bond acceptors (Lipinski definition) is 3. The molecule has 0 aliphatic carbocycles. The van der Waals surface area contributed by atoms with E-state index in [1.54, 1.807) is 0 Å². The first-order chi connectivity index (χ1) is 14.0. The fraction of sp³-hybridized carbons (Fsp3) is 0.333. The Bertz CT molecular complexity index is 978. The quantitative estimate of drug-likeness (QED) is 0.418. The summed E-state index contributed by atoms with van der Waals surface area (Å²) in [5, 5.41) is 17.8. The van der Waals surface area contributed by atoms with Crippen molar-refractivity contribution in [3.63, 3.8) is 0 Å². The maximum absolute atomic E-state index is 11.0. The molecule has 0 amide bonds. The lowest BCUT2D eigenvalue weighted by atomic mass is 9.79.